The molecule has 2 aromatic rings. The quantitative estimate of drug-likeness (QED) is 0.884. The second-order valence-electron chi connectivity index (χ2n) is 3.23. The molecule has 0 saturated carbocycles. The molecule has 1 aromatic heterocycles. The van der Waals surface area contributed by atoms with Gasteiger partial charge in [0.05, 0.1) is 0 Å². The molecule has 0 aliphatic heterocycles. The van der Waals surface area contributed by atoms with Crippen LogP contribution in [0.4, 0.5) is 4.39 Å². The van der Waals surface area contributed by atoms with E-state index in [9.17, 15) is 4.39 Å². The van der Waals surface area contributed by atoms with E-state index in [0.717, 1.165) is 15.9 Å². The highest BCUT2D eigenvalue weighted by atomic mass is 79.9. The average molecular weight is 302 g/mol. The minimum atomic E-state index is -0.241. The number of aromatic nitrogens is 3. The van der Waals surface area contributed by atoms with E-state index in [4.69, 9.17) is 0 Å². The summed E-state index contributed by atoms with van der Waals surface area (Å²) in [6.45, 7) is 1.85. The van der Waals surface area contributed by atoms with E-state index < -0.39 is 0 Å². The van der Waals surface area contributed by atoms with Crippen LogP contribution in [0.25, 0.3) is 0 Å². The lowest BCUT2D eigenvalue weighted by Gasteiger charge is -2.01. The van der Waals surface area contributed by atoms with Gasteiger partial charge in [0.1, 0.15) is 11.6 Å². The van der Waals surface area contributed by atoms with Crippen LogP contribution in [0.1, 0.15) is 11.4 Å². The zero-order chi connectivity index (χ0) is 11.5. The first-order valence-electron chi connectivity index (χ1n) is 4.61. The topological polar surface area (TPSA) is 41.6 Å². The van der Waals surface area contributed by atoms with Gasteiger partial charge in [-0.15, -0.1) is 5.10 Å². The number of rotatable bonds is 3. The summed E-state index contributed by atoms with van der Waals surface area (Å²) in [7, 11) is 0. The first kappa shape index (κ1) is 11.6. The lowest BCUT2D eigenvalue weighted by Crippen LogP contribution is -1.85. The van der Waals surface area contributed by atoms with Crippen LogP contribution in [0.2, 0.25) is 0 Å². The molecule has 0 saturated heterocycles. The third-order valence-corrected chi connectivity index (χ3v) is 3.58. The zero-order valence-electron chi connectivity index (χ0n) is 8.50. The van der Waals surface area contributed by atoms with Gasteiger partial charge in [-0.25, -0.2) is 9.37 Å². The largest absolute Gasteiger partial charge is 0.262 e. The molecule has 84 valence electrons. The summed E-state index contributed by atoms with van der Waals surface area (Å²) in [6.07, 6.45) is 0. The van der Waals surface area contributed by atoms with E-state index in [1.165, 1.54) is 23.9 Å². The second kappa shape index (κ2) is 4.97. The third kappa shape index (κ3) is 2.82. The number of aromatic amines is 1. The molecule has 0 atom stereocenters. The Balaban J connectivity index is 2.04. The maximum atomic E-state index is 12.8. The third-order valence-electron chi connectivity index (χ3n) is 1.95. The van der Waals surface area contributed by atoms with Crippen LogP contribution in [-0.2, 0) is 5.75 Å². The van der Waals surface area contributed by atoms with E-state index in [1.54, 1.807) is 6.07 Å². The standard InChI is InChI=1S/C10H9BrFN3S/c1-6-13-10(15-14-6)16-5-7-2-3-8(12)4-9(7)11/h2-4H,5H2,1H3,(H,13,14,15). The van der Waals surface area contributed by atoms with Gasteiger partial charge in [0.25, 0.3) is 0 Å². The highest BCUT2D eigenvalue weighted by Gasteiger charge is 2.05. The molecular formula is C10H9BrFN3S. The minimum Gasteiger partial charge on any atom is -0.262 e. The van der Waals surface area contributed by atoms with Crippen molar-refractivity contribution in [1.29, 1.82) is 0 Å². The van der Waals surface area contributed by atoms with Crippen molar-refractivity contribution in [2.24, 2.45) is 0 Å². The van der Waals surface area contributed by atoms with Crippen molar-refractivity contribution < 1.29 is 4.39 Å². The van der Waals surface area contributed by atoms with Gasteiger partial charge in [0.15, 0.2) is 0 Å². The van der Waals surface area contributed by atoms with E-state index >= 15 is 0 Å². The zero-order valence-corrected chi connectivity index (χ0v) is 10.9. The molecule has 0 aliphatic rings. The van der Waals surface area contributed by atoms with Crippen LogP contribution in [0, 0.1) is 12.7 Å². The Morgan fingerprint density at radius 3 is 2.94 bits per heavy atom. The van der Waals surface area contributed by atoms with Crippen molar-refractivity contribution in [1.82, 2.24) is 15.2 Å². The Hall–Kier alpha value is -0.880. The van der Waals surface area contributed by atoms with Crippen LogP contribution in [-0.4, -0.2) is 15.2 Å². The summed E-state index contributed by atoms with van der Waals surface area (Å²) >= 11 is 4.83. The van der Waals surface area contributed by atoms with Crippen molar-refractivity contribution >= 4 is 27.7 Å². The summed E-state index contributed by atoms with van der Waals surface area (Å²) in [4.78, 5) is 4.18. The van der Waals surface area contributed by atoms with Gasteiger partial charge < -0.3 is 0 Å². The maximum Gasteiger partial charge on any atom is 0.208 e. The molecule has 1 aromatic carbocycles. The highest BCUT2D eigenvalue weighted by Crippen LogP contribution is 2.25. The van der Waals surface area contributed by atoms with Crippen molar-refractivity contribution in [3.63, 3.8) is 0 Å². The maximum absolute atomic E-state index is 12.8. The monoisotopic (exact) mass is 301 g/mol. The first-order valence-corrected chi connectivity index (χ1v) is 6.39. The molecule has 0 spiro atoms. The Labute approximate surface area is 105 Å². The summed E-state index contributed by atoms with van der Waals surface area (Å²) < 4.78 is 13.6. The fourth-order valence-corrected chi connectivity index (χ4v) is 2.69. The van der Waals surface area contributed by atoms with Crippen LogP contribution in [0.15, 0.2) is 27.8 Å². The van der Waals surface area contributed by atoms with Crippen LogP contribution < -0.4 is 0 Å². The minimum absolute atomic E-state index is 0.241. The molecule has 16 heavy (non-hydrogen) atoms. The molecule has 2 rings (SSSR count). The number of halogens is 2. The molecule has 0 aliphatic carbocycles. The molecule has 0 amide bonds. The number of nitrogens with zero attached hydrogens (tertiary/aromatic N) is 2. The molecule has 0 radical (unpaired) electrons. The SMILES string of the molecule is Cc1nc(SCc2ccc(F)cc2Br)n[nH]1. The smallest absolute Gasteiger partial charge is 0.208 e. The van der Waals surface area contributed by atoms with Crippen molar-refractivity contribution in [3.8, 4) is 0 Å². The number of thioether (sulfide) groups is 1. The number of H-pyrrole nitrogens is 1. The normalized spacial score (nSPS) is 10.7. The van der Waals surface area contributed by atoms with Crippen LogP contribution >= 0.6 is 27.7 Å². The molecule has 1 N–H and O–H groups in total. The van der Waals surface area contributed by atoms with E-state index in [-0.39, 0.29) is 5.82 Å². The molecule has 0 bridgehead atoms. The number of aryl methyl sites for hydroxylation is 1. The highest BCUT2D eigenvalue weighted by molar-refractivity contribution is 9.10. The lowest BCUT2D eigenvalue weighted by molar-refractivity contribution is 0.626. The van der Waals surface area contributed by atoms with Gasteiger partial charge in [-0.05, 0) is 24.6 Å². The Morgan fingerprint density at radius 2 is 2.31 bits per heavy atom. The summed E-state index contributed by atoms with van der Waals surface area (Å²) in [6, 6.07) is 4.66. The van der Waals surface area contributed by atoms with Gasteiger partial charge in [0.2, 0.25) is 5.16 Å². The van der Waals surface area contributed by atoms with Crippen molar-refractivity contribution in [2.45, 2.75) is 17.8 Å². The number of hydrogen-bond donors (Lipinski definition) is 1. The predicted octanol–water partition coefficient (Wildman–Crippen LogP) is 3.31. The summed E-state index contributed by atoms with van der Waals surface area (Å²) in [5.74, 6) is 1.26. The summed E-state index contributed by atoms with van der Waals surface area (Å²) in [5, 5.41) is 7.49. The second-order valence-corrected chi connectivity index (χ2v) is 5.02. The number of hydrogen-bond acceptors (Lipinski definition) is 3. The van der Waals surface area contributed by atoms with Crippen LogP contribution in [0.3, 0.4) is 0 Å². The number of nitrogens with one attached hydrogen (secondary N) is 1. The molecule has 0 unspecified atom stereocenters. The van der Waals surface area contributed by atoms with E-state index in [2.05, 4.69) is 31.1 Å². The molecule has 0 fully saturated rings. The van der Waals surface area contributed by atoms with Crippen molar-refractivity contribution in [3.05, 3.63) is 39.9 Å². The average Bonchev–Trinajstić information content (AvgIpc) is 2.63. The van der Waals surface area contributed by atoms with Crippen molar-refractivity contribution in [2.75, 3.05) is 0 Å². The number of benzene rings is 1. The van der Waals surface area contributed by atoms with Gasteiger partial charge in [0, 0.05) is 10.2 Å². The Kier molecular flexibility index (Phi) is 3.60. The fraction of sp³-hybridized carbons (Fsp3) is 0.200. The van der Waals surface area contributed by atoms with Gasteiger partial charge in [-0.2, -0.15) is 0 Å². The first-order chi connectivity index (χ1) is 7.65. The molecular weight excluding hydrogens is 293 g/mol. The fourth-order valence-electron chi connectivity index (χ4n) is 1.17. The van der Waals surface area contributed by atoms with E-state index in [1.807, 2.05) is 6.92 Å². The molecule has 3 nitrogen and oxygen atoms in total. The van der Waals surface area contributed by atoms with Gasteiger partial charge >= 0.3 is 0 Å². The summed E-state index contributed by atoms with van der Waals surface area (Å²) in [5.41, 5.74) is 1.02. The van der Waals surface area contributed by atoms with E-state index in [0.29, 0.717) is 10.9 Å². The Bertz CT molecular complexity index is 501. The van der Waals surface area contributed by atoms with Gasteiger partial charge in [-0.3, -0.25) is 5.10 Å². The molecule has 1 heterocycles. The van der Waals surface area contributed by atoms with Gasteiger partial charge in [-0.1, -0.05) is 33.8 Å². The Morgan fingerprint density at radius 1 is 1.50 bits per heavy atom. The lowest BCUT2D eigenvalue weighted by atomic mass is 10.2. The predicted molar refractivity (Wildman–Crippen MR) is 64.8 cm³/mol. The molecule has 6 heteroatoms. The van der Waals surface area contributed by atoms with Crippen LogP contribution in [0.5, 0.6) is 0 Å².